The molecular formula is C17H21N3O2. The second-order valence-electron chi connectivity index (χ2n) is 5.06. The highest BCUT2D eigenvalue weighted by atomic mass is 16.2. The highest BCUT2D eigenvalue weighted by Crippen LogP contribution is 2.15. The lowest BCUT2D eigenvalue weighted by Crippen LogP contribution is -2.31. The molecule has 2 aromatic carbocycles. The molecule has 22 heavy (non-hydrogen) atoms. The number of hydrogen-bond donors (Lipinski definition) is 3. The van der Waals surface area contributed by atoms with Crippen molar-refractivity contribution in [3.8, 4) is 0 Å². The Kier molecular flexibility index (Phi) is 5.91. The maximum atomic E-state index is 12.1. The number of rotatable bonds is 7. The van der Waals surface area contributed by atoms with Gasteiger partial charge in [-0.05, 0) is 35.9 Å². The van der Waals surface area contributed by atoms with Crippen molar-refractivity contribution in [2.24, 2.45) is 5.73 Å². The van der Waals surface area contributed by atoms with Gasteiger partial charge in [-0.25, -0.2) is 0 Å². The van der Waals surface area contributed by atoms with Crippen LogP contribution in [0.25, 0.3) is 10.8 Å². The summed E-state index contributed by atoms with van der Waals surface area (Å²) in [5.74, 6) is -0.243. The molecule has 0 heterocycles. The summed E-state index contributed by atoms with van der Waals surface area (Å²) >= 11 is 0. The summed E-state index contributed by atoms with van der Waals surface area (Å²) < 4.78 is 0. The third-order valence-electron chi connectivity index (χ3n) is 3.35. The van der Waals surface area contributed by atoms with Crippen molar-refractivity contribution in [3.05, 3.63) is 48.0 Å². The van der Waals surface area contributed by atoms with E-state index >= 15 is 0 Å². The molecule has 2 aromatic rings. The van der Waals surface area contributed by atoms with Crippen molar-refractivity contribution in [2.75, 3.05) is 19.6 Å². The molecule has 0 aromatic heterocycles. The molecule has 0 saturated heterocycles. The van der Waals surface area contributed by atoms with Crippen LogP contribution in [0, 0.1) is 0 Å². The second-order valence-corrected chi connectivity index (χ2v) is 5.06. The summed E-state index contributed by atoms with van der Waals surface area (Å²) in [5.41, 5.74) is 5.95. The van der Waals surface area contributed by atoms with E-state index in [1.807, 2.05) is 36.4 Å². The Labute approximate surface area is 129 Å². The number of nitrogens with two attached hydrogens (primary N) is 1. The molecule has 0 fully saturated rings. The van der Waals surface area contributed by atoms with Gasteiger partial charge in [0, 0.05) is 25.1 Å². The Balaban J connectivity index is 1.82. The lowest BCUT2D eigenvalue weighted by atomic mass is 10.1. The third-order valence-corrected chi connectivity index (χ3v) is 3.35. The van der Waals surface area contributed by atoms with Gasteiger partial charge in [-0.3, -0.25) is 9.59 Å². The minimum absolute atomic E-state index is 0.0766. The third kappa shape index (κ3) is 4.56. The normalized spacial score (nSPS) is 10.4. The summed E-state index contributed by atoms with van der Waals surface area (Å²) in [6.07, 6.45) is 1.03. The monoisotopic (exact) mass is 299 g/mol. The minimum Gasteiger partial charge on any atom is -0.356 e. The molecule has 5 nitrogen and oxygen atoms in total. The van der Waals surface area contributed by atoms with E-state index in [0.717, 1.165) is 17.2 Å². The topological polar surface area (TPSA) is 84.2 Å². The number of benzene rings is 2. The van der Waals surface area contributed by atoms with Crippen molar-refractivity contribution < 1.29 is 9.59 Å². The Bertz CT molecular complexity index is 655. The van der Waals surface area contributed by atoms with Crippen LogP contribution in [-0.4, -0.2) is 31.4 Å². The fraction of sp³-hybridized carbons (Fsp3) is 0.294. The highest BCUT2D eigenvalue weighted by molar-refractivity contribution is 5.98. The van der Waals surface area contributed by atoms with Crippen LogP contribution >= 0.6 is 0 Å². The average molecular weight is 299 g/mol. The van der Waals surface area contributed by atoms with E-state index in [0.29, 0.717) is 25.2 Å². The van der Waals surface area contributed by atoms with Crippen LogP contribution in [0.5, 0.6) is 0 Å². The zero-order valence-corrected chi connectivity index (χ0v) is 12.5. The fourth-order valence-corrected chi connectivity index (χ4v) is 2.14. The van der Waals surface area contributed by atoms with Gasteiger partial charge < -0.3 is 16.4 Å². The van der Waals surface area contributed by atoms with Gasteiger partial charge in [0.15, 0.2) is 0 Å². The van der Waals surface area contributed by atoms with E-state index in [1.54, 1.807) is 6.07 Å². The Morgan fingerprint density at radius 3 is 2.50 bits per heavy atom. The van der Waals surface area contributed by atoms with E-state index in [4.69, 9.17) is 5.73 Å². The highest BCUT2D eigenvalue weighted by Gasteiger charge is 2.07. The predicted molar refractivity (Wildman–Crippen MR) is 87.6 cm³/mol. The van der Waals surface area contributed by atoms with Crippen LogP contribution in [0.3, 0.4) is 0 Å². The van der Waals surface area contributed by atoms with Gasteiger partial charge in [-0.15, -0.1) is 0 Å². The first-order valence-electron chi connectivity index (χ1n) is 7.44. The van der Waals surface area contributed by atoms with E-state index < -0.39 is 0 Å². The van der Waals surface area contributed by atoms with Crippen LogP contribution < -0.4 is 16.4 Å². The first-order valence-corrected chi connectivity index (χ1v) is 7.44. The summed E-state index contributed by atoms with van der Waals surface area (Å²) in [6, 6.07) is 13.4. The molecule has 0 aliphatic heterocycles. The van der Waals surface area contributed by atoms with Crippen LogP contribution in [0.1, 0.15) is 23.2 Å². The lowest BCUT2D eigenvalue weighted by Gasteiger charge is -2.07. The zero-order valence-electron chi connectivity index (χ0n) is 12.5. The number of hydrogen-bond acceptors (Lipinski definition) is 3. The van der Waals surface area contributed by atoms with Gasteiger partial charge in [0.2, 0.25) is 5.91 Å². The molecule has 2 rings (SSSR count). The maximum absolute atomic E-state index is 12.1. The maximum Gasteiger partial charge on any atom is 0.251 e. The predicted octanol–water partition coefficient (Wildman–Crippen LogP) is 1.42. The number of amides is 2. The van der Waals surface area contributed by atoms with Crippen LogP contribution in [-0.2, 0) is 4.79 Å². The van der Waals surface area contributed by atoms with Crippen LogP contribution in [0.4, 0.5) is 0 Å². The summed E-state index contributed by atoms with van der Waals surface area (Å²) in [4.78, 5) is 23.6. The van der Waals surface area contributed by atoms with Gasteiger partial charge in [0.1, 0.15) is 0 Å². The van der Waals surface area contributed by atoms with Crippen molar-refractivity contribution in [2.45, 2.75) is 12.8 Å². The smallest absolute Gasteiger partial charge is 0.251 e. The molecule has 0 radical (unpaired) electrons. The zero-order chi connectivity index (χ0) is 15.8. The lowest BCUT2D eigenvalue weighted by molar-refractivity contribution is -0.120. The molecule has 0 atom stereocenters. The Morgan fingerprint density at radius 2 is 1.73 bits per heavy atom. The quantitative estimate of drug-likeness (QED) is 0.676. The molecule has 0 unspecified atom stereocenters. The molecule has 2 amide bonds. The van der Waals surface area contributed by atoms with Crippen molar-refractivity contribution in [1.29, 1.82) is 0 Å². The van der Waals surface area contributed by atoms with E-state index in [9.17, 15) is 9.59 Å². The molecular weight excluding hydrogens is 278 g/mol. The molecule has 116 valence electrons. The number of fused-ring (bicyclic) bond motifs is 1. The van der Waals surface area contributed by atoms with E-state index in [1.165, 1.54) is 0 Å². The van der Waals surface area contributed by atoms with E-state index in [2.05, 4.69) is 10.6 Å². The van der Waals surface area contributed by atoms with Gasteiger partial charge in [-0.1, -0.05) is 30.3 Å². The molecule has 4 N–H and O–H groups in total. The summed E-state index contributed by atoms with van der Waals surface area (Å²) in [6.45, 7) is 1.45. The second kappa shape index (κ2) is 8.14. The van der Waals surface area contributed by atoms with E-state index in [-0.39, 0.29) is 18.2 Å². The molecule has 0 bridgehead atoms. The fourth-order valence-electron chi connectivity index (χ4n) is 2.14. The molecule has 0 aliphatic carbocycles. The van der Waals surface area contributed by atoms with Crippen molar-refractivity contribution in [1.82, 2.24) is 10.6 Å². The SMILES string of the molecule is NCCCNC(=O)CCNC(=O)c1ccc2ccccc2c1. The standard InChI is InChI=1S/C17H21N3O2/c18-9-3-10-19-16(21)8-11-20-17(22)15-7-6-13-4-1-2-5-14(13)12-15/h1-2,4-7,12H,3,8-11,18H2,(H,19,21)(H,20,22). The van der Waals surface area contributed by atoms with Crippen molar-refractivity contribution >= 4 is 22.6 Å². The van der Waals surface area contributed by atoms with Gasteiger partial charge in [0.05, 0.1) is 0 Å². The summed E-state index contributed by atoms with van der Waals surface area (Å²) in [7, 11) is 0. The number of carbonyl (C=O) groups is 2. The largest absolute Gasteiger partial charge is 0.356 e. The average Bonchev–Trinajstić information content (AvgIpc) is 2.54. The van der Waals surface area contributed by atoms with Gasteiger partial charge in [-0.2, -0.15) is 0 Å². The number of nitrogens with one attached hydrogen (secondary N) is 2. The van der Waals surface area contributed by atoms with Crippen LogP contribution in [0.2, 0.25) is 0 Å². The number of carbonyl (C=O) groups excluding carboxylic acids is 2. The first kappa shape index (κ1) is 16.0. The molecule has 0 aliphatic rings. The van der Waals surface area contributed by atoms with Gasteiger partial charge >= 0.3 is 0 Å². The first-order chi connectivity index (χ1) is 10.7. The summed E-state index contributed by atoms with van der Waals surface area (Å²) in [5, 5.41) is 7.63. The minimum atomic E-state index is -0.166. The Hall–Kier alpha value is -2.40. The van der Waals surface area contributed by atoms with Gasteiger partial charge in [0.25, 0.3) is 5.91 Å². The Morgan fingerprint density at radius 1 is 0.955 bits per heavy atom. The molecule has 0 saturated carbocycles. The van der Waals surface area contributed by atoms with Crippen LogP contribution in [0.15, 0.2) is 42.5 Å². The molecule has 0 spiro atoms. The molecule has 5 heteroatoms. The van der Waals surface area contributed by atoms with Crippen molar-refractivity contribution in [3.63, 3.8) is 0 Å².